The van der Waals surface area contributed by atoms with E-state index in [2.05, 4.69) is 0 Å². The average molecular weight is 853 g/mol. The van der Waals surface area contributed by atoms with Crippen molar-refractivity contribution in [2.24, 2.45) is 0 Å². The van der Waals surface area contributed by atoms with Crippen molar-refractivity contribution in [3.05, 3.63) is 72.8 Å². The van der Waals surface area contributed by atoms with E-state index in [0.29, 0.717) is 0 Å². The van der Waals surface area contributed by atoms with Crippen LogP contribution in [0.15, 0.2) is 92.4 Å². The summed E-state index contributed by atoms with van der Waals surface area (Å²) in [7, 11) is -18.4. The van der Waals surface area contributed by atoms with Gasteiger partial charge in [-0.15, -0.1) is 0 Å². The van der Waals surface area contributed by atoms with Crippen LogP contribution < -0.4 is 40.2 Å². The van der Waals surface area contributed by atoms with Crippen molar-refractivity contribution in [2.75, 3.05) is 40.8 Å². The maximum absolute atomic E-state index is 12.4. The lowest BCUT2D eigenvalue weighted by molar-refractivity contribution is 0.399. The van der Waals surface area contributed by atoms with Crippen molar-refractivity contribution in [1.29, 1.82) is 0 Å². The van der Waals surface area contributed by atoms with Crippen molar-refractivity contribution >= 4 is 77.5 Å². The quantitative estimate of drug-likeness (QED) is 0.0934. The monoisotopic (exact) mass is 852 g/mol. The minimum absolute atomic E-state index is 0.0886. The van der Waals surface area contributed by atoms with Crippen LogP contribution in [0.4, 0.5) is 0 Å². The van der Waals surface area contributed by atoms with Crippen molar-refractivity contribution in [1.82, 2.24) is 0 Å². The summed E-state index contributed by atoms with van der Waals surface area (Å²) < 4.78 is 161. The number of para-hydroxylation sites is 4. The summed E-state index contributed by atoms with van der Waals surface area (Å²) in [4.78, 5) is -2.29. The molecule has 0 aliphatic heterocycles. The molecule has 0 aliphatic carbocycles. The lowest BCUT2D eigenvalue weighted by atomic mass is 10.3. The molecule has 4 aromatic carbocycles. The SMILES string of the molecule is COc1c(P(CCCP(c2cccc(S(=O)(=O)O)c2OC)c2cccc(S(=O)(=O)O)c2OC)c2cccc(S(=O)(=O)O)c2OC)cccc1S(=O)(=O)O. The molecule has 0 atom stereocenters. The molecular formula is C31H34O16P2S4. The van der Waals surface area contributed by atoms with E-state index in [4.69, 9.17) is 18.9 Å². The van der Waals surface area contributed by atoms with Gasteiger partial charge in [0.2, 0.25) is 0 Å². The van der Waals surface area contributed by atoms with Gasteiger partial charge in [0, 0.05) is 21.2 Å². The molecule has 0 spiro atoms. The molecule has 0 amide bonds. The number of benzene rings is 4. The lowest BCUT2D eigenvalue weighted by Crippen LogP contribution is -2.23. The molecule has 0 aliphatic rings. The summed E-state index contributed by atoms with van der Waals surface area (Å²) in [6.45, 7) is 0. The molecule has 4 N–H and O–H groups in total. The van der Waals surface area contributed by atoms with Gasteiger partial charge in [0.1, 0.15) is 42.6 Å². The van der Waals surface area contributed by atoms with Gasteiger partial charge in [-0.2, -0.15) is 33.7 Å². The molecular weight excluding hydrogens is 819 g/mol. The molecule has 4 rings (SSSR count). The highest BCUT2D eigenvalue weighted by molar-refractivity contribution is 7.87. The Bertz CT molecular complexity index is 2120. The van der Waals surface area contributed by atoms with Gasteiger partial charge in [-0.3, -0.25) is 18.2 Å². The van der Waals surface area contributed by atoms with Gasteiger partial charge in [-0.1, -0.05) is 48.5 Å². The van der Waals surface area contributed by atoms with Crippen molar-refractivity contribution in [3.63, 3.8) is 0 Å². The van der Waals surface area contributed by atoms with Gasteiger partial charge in [0.25, 0.3) is 40.5 Å². The Morgan fingerprint density at radius 2 is 0.623 bits per heavy atom. The van der Waals surface area contributed by atoms with Crippen molar-refractivity contribution in [3.8, 4) is 23.0 Å². The number of hydrogen-bond donors (Lipinski definition) is 4. The maximum Gasteiger partial charge on any atom is 0.298 e. The second-order valence-electron chi connectivity index (χ2n) is 10.8. The minimum atomic E-state index is -4.83. The first kappa shape index (κ1) is 42.3. The molecule has 0 heterocycles. The van der Waals surface area contributed by atoms with Gasteiger partial charge in [0.15, 0.2) is 0 Å². The highest BCUT2D eigenvalue weighted by Gasteiger charge is 2.32. The van der Waals surface area contributed by atoms with E-state index in [1.54, 1.807) is 0 Å². The van der Waals surface area contributed by atoms with Crippen LogP contribution in [0.5, 0.6) is 23.0 Å². The fourth-order valence-corrected chi connectivity index (χ4v) is 14.2. The first-order valence-electron chi connectivity index (χ1n) is 14.8. The van der Waals surface area contributed by atoms with Crippen LogP contribution in [-0.2, 0) is 40.5 Å². The fraction of sp³-hybridized carbons (Fsp3) is 0.226. The number of ether oxygens (including phenoxy) is 4. The summed E-state index contributed by atoms with van der Waals surface area (Å²) in [5.74, 6) is -0.971. The fourth-order valence-electron chi connectivity index (χ4n) is 5.63. The molecule has 0 bridgehead atoms. The molecule has 0 saturated heterocycles. The van der Waals surface area contributed by atoms with Gasteiger partial charge in [0.05, 0.1) is 28.4 Å². The largest absolute Gasteiger partial charge is 0.495 e. The Hall–Kier alpha value is -3.42. The van der Waals surface area contributed by atoms with E-state index < -0.39 is 75.9 Å². The molecule has 16 nitrogen and oxygen atoms in total. The Morgan fingerprint density at radius 3 is 0.792 bits per heavy atom. The Labute approximate surface area is 309 Å². The number of methoxy groups -OCH3 is 4. The van der Waals surface area contributed by atoms with Crippen LogP contribution in [0.3, 0.4) is 0 Å². The lowest BCUT2D eigenvalue weighted by Gasteiger charge is -2.27. The van der Waals surface area contributed by atoms with E-state index in [9.17, 15) is 51.9 Å². The van der Waals surface area contributed by atoms with E-state index in [1.807, 2.05) is 0 Å². The van der Waals surface area contributed by atoms with Gasteiger partial charge >= 0.3 is 0 Å². The molecule has 0 aromatic heterocycles. The summed E-state index contributed by atoms with van der Waals surface area (Å²) >= 11 is 0. The predicted molar refractivity (Wildman–Crippen MR) is 198 cm³/mol. The standard InChI is InChI=1S/C31H34O16P2S4/c1-44-28-20(10-5-14-24(28)50(32,33)34)48(21-11-6-15-25(29(21)45-2)51(35,36)37)18-9-19-49(22-12-7-16-26(30(22)46-3)52(38,39)40)23-13-8-17-27(31(23)47-4)53(41,42)43/h5-8,10-17H,9,18-19H2,1-4H3,(H,32,33,34)(H,35,36,37)(H,38,39,40)(H,41,42,43). The Balaban J connectivity index is 1.98. The summed E-state index contributed by atoms with van der Waals surface area (Å²) in [6, 6.07) is 15.9. The van der Waals surface area contributed by atoms with Gasteiger partial charge in [-0.25, -0.2) is 0 Å². The minimum Gasteiger partial charge on any atom is -0.495 e. The van der Waals surface area contributed by atoms with Gasteiger partial charge in [-0.05, 0) is 58.9 Å². The molecule has 0 unspecified atom stereocenters. The van der Waals surface area contributed by atoms with Crippen LogP contribution in [0.2, 0.25) is 0 Å². The summed E-state index contributed by atoms with van der Waals surface area (Å²) in [5.41, 5.74) is 0. The third-order valence-electron chi connectivity index (χ3n) is 7.69. The van der Waals surface area contributed by atoms with Crippen LogP contribution >= 0.6 is 15.8 Å². The van der Waals surface area contributed by atoms with Crippen LogP contribution in [0, 0.1) is 0 Å². The first-order valence-corrected chi connectivity index (χ1v) is 23.6. The second kappa shape index (κ2) is 16.5. The highest BCUT2D eigenvalue weighted by atomic mass is 32.2. The third-order valence-corrected chi connectivity index (χ3v) is 16.5. The van der Waals surface area contributed by atoms with Crippen LogP contribution in [0.1, 0.15) is 6.42 Å². The average Bonchev–Trinajstić information content (AvgIpc) is 3.09. The first-order chi connectivity index (χ1) is 24.7. The van der Waals surface area contributed by atoms with Crippen molar-refractivity contribution in [2.45, 2.75) is 26.0 Å². The molecule has 53 heavy (non-hydrogen) atoms. The topological polar surface area (TPSA) is 254 Å². The van der Waals surface area contributed by atoms with Crippen molar-refractivity contribution < 1.29 is 70.8 Å². The number of hydrogen-bond acceptors (Lipinski definition) is 12. The van der Waals surface area contributed by atoms with Gasteiger partial charge < -0.3 is 18.9 Å². The normalized spacial score (nSPS) is 12.6. The van der Waals surface area contributed by atoms with Crippen LogP contribution in [0.25, 0.3) is 0 Å². The Morgan fingerprint density at radius 1 is 0.415 bits per heavy atom. The van der Waals surface area contributed by atoms with E-state index in [0.717, 1.165) is 24.3 Å². The van der Waals surface area contributed by atoms with Crippen LogP contribution in [-0.4, -0.2) is 92.6 Å². The zero-order valence-corrected chi connectivity index (χ0v) is 33.3. The van der Waals surface area contributed by atoms with E-state index in [1.165, 1.54) is 77.0 Å². The smallest absolute Gasteiger partial charge is 0.298 e. The van der Waals surface area contributed by atoms with E-state index >= 15 is 0 Å². The number of rotatable bonds is 16. The zero-order chi connectivity index (χ0) is 39.5. The zero-order valence-electron chi connectivity index (χ0n) is 28.3. The second-order valence-corrected chi connectivity index (χ2v) is 20.9. The summed E-state index contributed by atoms with van der Waals surface area (Å²) in [6.07, 6.45) is 0.325. The molecule has 4 aromatic rings. The maximum atomic E-state index is 12.4. The van der Waals surface area contributed by atoms with E-state index in [-0.39, 0.29) is 63.0 Å². The molecule has 0 radical (unpaired) electrons. The molecule has 0 saturated carbocycles. The predicted octanol–water partition coefficient (Wildman–Crippen LogP) is 2.66. The molecule has 0 fully saturated rings. The molecule has 22 heteroatoms. The summed E-state index contributed by atoms with van der Waals surface area (Å²) in [5, 5.41) is 0.906. The molecule has 288 valence electrons. The highest BCUT2D eigenvalue weighted by Crippen LogP contribution is 2.48. The Kier molecular flexibility index (Phi) is 13.2. The third kappa shape index (κ3) is 9.28.